The van der Waals surface area contributed by atoms with Crippen LogP contribution in [0.25, 0.3) is 0 Å². The van der Waals surface area contributed by atoms with E-state index in [-0.39, 0.29) is 6.17 Å². The van der Waals surface area contributed by atoms with Crippen molar-refractivity contribution in [3.05, 3.63) is 17.7 Å². The van der Waals surface area contributed by atoms with Crippen molar-refractivity contribution < 1.29 is 14.2 Å². The third-order valence-corrected chi connectivity index (χ3v) is 2.82. The van der Waals surface area contributed by atoms with E-state index in [1.54, 1.807) is 21.3 Å². The second-order valence-corrected chi connectivity index (χ2v) is 4.10. The van der Waals surface area contributed by atoms with Gasteiger partial charge in [0, 0.05) is 12.1 Å². The fourth-order valence-corrected chi connectivity index (χ4v) is 1.96. The Labute approximate surface area is 109 Å². The standard InChI is InChI=1S/C13H22N2O3/c1-14-13(15(2)3)12-10(17-5)7-9(16-4)8-11(12)18-6/h7-8,13-14H,1-6H3. The number of rotatable bonds is 6. The Morgan fingerprint density at radius 3 is 1.78 bits per heavy atom. The molecular formula is C13H22N2O3. The first kappa shape index (κ1) is 14.6. The first-order valence-corrected chi connectivity index (χ1v) is 5.72. The van der Waals surface area contributed by atoms with Gasteiger partial charge in [-0.2, -0.15) is 0 Å². The monoisotopic (exact) mass is 254 g/mol. The van der Waals surface area contributed by atoms with Crippen molar-refractivity contribution >= 4 is 0 Å². The summed E-state index contributed by atoms with van der Waals surface area (Å²) in [6.07, 6.45) is 0.000746. The maximum atomic E-state index is 5.44. The molecule has 1 N–H and O–H groups in total. The van der Waals surface area contributed by atoms with Crippen LogP contribution in [0, 0.1) is 0 Å². The van der Waals surface area contributed by atoms with Crippen molar-refractivity contribution in [3.63, 3.8) is 0 Å². The Bertz CT molecular complexity index is 369. The van der Waals surface area contributed by atoms with E-state index in [2.05, 4.69) is 5.32 Å². The Morgan fingerprint density at radius 1 is 1.00 bits per heavy atom. The number of hydrogen-bond donors (Lipinski definition) is 1. The zero-order valence-corrected chi connectivity index (χ0v) is 11.9. The molecule has 1 aromatic carbocycles. The number of nitrogens with one attached hydrogen (secondary N) is 1. The van der Waals surface area contributed by atoms with E-state index in [0.29, 0.717) is 5.75 Å². The number of methoxy groups -OCH3 is 3. The van der Waals surface area contributed by atoms with Gasteiger partial charge in [-0.05, 0) is 21.1 Å². The summed E-state index contributed by atoms with van der Waals surface area (Å²) in [6.45, 7) is 0. The third kappa shape index (κ3) is 2.86. The highest BCUT2D eigenvalue weighted by atomic mass is 16.5. The number of nitrogens with zero attached hydrogens (tertiary/aromatic N) is 1. The molecule has 0 aliphatic heterocycles. The number of ether oxygens (including phenoxy) is 3. The molecule has 1 aromatic rings. The SMILES string of the molecule is CNC(c1c(OC)cc(OC)cc1OC)N(C)C. The smallest absolute Gasteiger partial charge is 0.132 e. The van der Waals surface area contributed by atoms with Gasteiger partial charge in [0.1, 0.15) is 17.2 Å². The first-order valence-electron chi connectivity index (χ1n) is 5.72. The largest absolute Gasteiger partial charge is 0.496 e. The minimum Gasteiger partial charge on any atom is -0.496 e. The number of benzene rings is 1. The quantitative estimate of drug-likeness (QED) is 0.779. The summed E-state index contributed by atoms with van der Waals surface area (Å²) in [7, 11) is 10.8. The van der Waals surface area contributed by atoms with Gasteiger partial charge < -0.3 is 19.5 Å². The van der Waals surface area contributed by atoms with E-state index < -0.39 is 0 Å². The lowest BCUT2D eigenvalue weighted by Gasteiger charge is -2.27. The molecule has 0 amide bonds. The summed E-state index contributed by atoms with van der Waals surface area (Å²) in [4.78, 5) is 2.05. The summed E-state index contributed by atoms with van der Waals surface area (Å²) in [5.41, 5.74) is 0.952. The minimum absolute atomic E-state index is 0.000746. The lowest BCUT2D eigenvalue weighted by atomic mass is 10.1. The molecule has 0 radical (unpaired) electrons. The van der Waals surface area contributed by atoms with Gasteiger partial charge in [-0.15, -0.1) is 0 Å². The molecule has 1 unspecified atom stereocenters. The fraction of sp³-hybridized carbons (Fsp3) is 0.538. The van der Waals surface area contributed by atoms with E-state index in [0.717, 1.165) is 17.1 Å². The van der Waals surface area contributed by atoms with Gasteiger partial charge in [0.15, 0.2) is 0 Å². The van der Waals surface area contributed by atoms with E-state index in [1.807, 2.05) is 38.2 Å². The second kappa shape index (κ2) is 6.47. The molecule has 0 heterocycles. The van der Waals surface area contributed by atoms with Crippen molar-refractivity contribution in [3.8, 4) is 17.2 Å². The summed E-state index contributed by atoms with van der Waals surface area (Å²) in [5, 5.41) is 3.23. The van der Waals surface area contributed by atoms with Crippen LogP contribution >= 0.6 is 0 Å². The van der Waals surface area contributed by atoms with Crippen LogP contribution in [0.4, 0.5) is 0 Å². The normalized spacial score (nSPS) is 12.4. The van der Waals surface area contributed by atoms with Crippen LogP contribution in [0.1, 0.15) is 11.7 Å². The molecule has 0 fully saturated rings. The van der Waals surface area contributed by atoms with E-state index in [1.165, 1.54) is 0 Å². The van der Waals surface area contributed by atoms with Gasteiger partial charge in [-0.3, -0.25) is 4.90 Å². The molecule has 1 rings (SSSR count). The molecule has 0 aliphatic rings. The highest BCUT2D eigenvalue weighted by Crippen LogP contribution is 2.38. The maximum Gasteiger partial charge on any atom is 0.132 e. The molecule has 18 heavy (non-hydrogen) atoms. The summed E-state index contributed by atoms with van der Waals surface area (Å²) in [5.74, 6) is 2.18. The van der Waals surface area contributed by atoms with Crippen molar-refractivity contribution in [1.29, 1.82) is 0 Å². The molecule has 0 spiro atoms. The van der Waals surface area contributed by atoms with Crippen molar-refractivity contribution in [2.24, 2.45) is 0 Å². The molecule has 0 saturated heterocycles. The van der Waals surface area contributed by atoms with Gasteiger partial charge in [0.2, 0.25) is 0 Å². The van der Waals surface area contributed by atoms with Gasteiger partial charge in [0.05, 0.1) is 33.1 Å². The average molecular weight is 254 g/mol. The zero-order chi connectivity index (χ0) is 13.7. The van der Waals surface area contributed by atoms with Crippen LogP contribution in [0.5, 0.6) is 17.2 Å². The molecule has 0 aromatic heterocycles. The van der Waals surface area contributed by atoms with Gasteiger partial charge in [0.25, 0.3) is 0 Å². The molecule has 1 atom stereocenters. The predicted molar refractivity (Wildman–Crippen MR) is 71.6 cm³/mol. The second-order valence-electron chi connectivity index (χ2n) is 4.10. The molecule has 102 valence electrons. The van der Waals surface area contributed by atoms with Gasteiger partial charge >= 0.3 is 0 Å². The van der Waals surface area contributed by atoms with E-state index >= 15 is 0 Å². The summed E-state index contributed by atoms with van der Waals surface area (Å²) in [6, 6.07) is 3.71. The molecule has 5 nitrogen and oxygen atoms in total. The van der Waals surface area contributed by atoms with Crippen LogP contribution < -0.4 is 19.5 Å². The Morgan fingerprint density at radius 2 is 1.50 bits per heavy atom. The van der Waals surface area contributed by atoms with E-state index in [4.69, 9.17) is 14.2 Å². The average Bonchev–Trinajstić information content (AvgIpc) is 2.38. The zero-order valence-electron chi connectivity index (χ0n) is 11.9. The third-order valence-electron chi connectivity index (χ3n) is 2.82. The Balaban J connectivity index is 3.38. The molecule has 5 heteroatoms. The predicted octanol–water partition coefficient (Wildman–Crippen LogP) is 1.49. The number of hydrogen-bond acceptors (Lipinski definition) is 5. The molecule has 0 saturated carbocycles. The topological polar surface area (TPSA) is 43.0 Å². The maximum absolute atomic E-state index is 5.44. The van der Waals surface area contributed by atoms with Crippen LogP contribution in [0.3, 0.4) is 0 Å². The van der Waals surface area contributed by atoms with Crippen LogP contribution in [0.15, 0.2) is 12.1 Å². The van der Waals surface area contributed by atoms with Crippen molar-refractivity contribution in [2.75, 3.05) is 42.5 Å². The molecule has 0 aliphatic carbocycles. The molecular weight excluding hydrogens is 232 g/mol. The lowest BCUT2D eigenvalue weighted by Crippen LogP contribution is -2.31. The Hall–Kier alpha value is -1.46. The summed E-state index contributed by atoms with van der Waals surface area (Å²) < 4.78 is 16.1. The van der Waals surface area contributed by atoms with Crippen LogP contribution in [-0.2, 0) is 0 Å². The summed E-state index contributed by atoms with van der Waals surface area (Å²) >= 11 is 0. The van der Waals surface area contributed by atoms with Gasteiger partial charge in [-0.25, -0.2) is 0 Å². The highest BCUT2D eigenvalue weighted by molar-refractivity contribution is 5.52. The van der Waals surface area contributed by atoms with Crippen molar-refractivity contribution in [2.45, 2.75) is 6.17 Å². The fourth-order valence-electron chi connectivity index (χ4n) is 1.96. The van der Waals surface area contributed by atoms with E-state index in [9.17, 15) is 0 Å². The Kier molecular flexibility index (Phi) is 5.25. The molecule has 0 bridgehead atoms. The van der Waals surface area contributed by atoms with Crippen LogP contribution in [0.2, 0.25) is 0 Å². The minimum atomic E-state index is 0.000746. The van der Waals surface area contributed by atoms with Gasteiger partial charge in [-0.1, -0.05) is 0 Å². The van der Waals surface area contributed by atoms with Crippen molar-refractivity contribution in [1.82, 2.24) is 10.2 Å². The van der Waals surface area contributed by atoms with Crippen LogP contribution in [-0.4, -0.2) is 47.4 Å². The lowest BCUT2D eigenvalue weighted by molar-refractivity contribution is 0.247. The highest BCUT2D eigenvalue weighted by Gasteiger charge is 2.22. The first-order chi connectivity index (χ1) is 8.58.